The van der Waals surface area contributed by atoms with E-state index in [-0.39, 0.29) is 5.91 Å². The third-order valence-electron chi connectivity index (χ3n) is 4.37. The highest BCUT2D eigenvalue weighted by molar-refractivity contribution is 9.10. The number of carbonyl (C=O) groups is 1. The van der Waals surface area contributed by atoms with Crippen LogP contribution in [-0.4, -0.2) is 28.6 Å². The second kappa shape index (κ2) is 8.28. The molecular formula is C22H17BrN4O2. The number of imidazole rings is 1. The number of ether oxygens (including phenoxy) is 1. The Labute approximate surface area is 176 Å². The van der Waals surface area contributed by atoms with Gasteiger partial charge in [-0.15, -0.1) is 0 Å². The van der Waals surface area contributed by atoms with Gasteiger partial charge in [0.25, 0.3) is 5.91 Å². The van der Waals surface area contributed by atoms with E-state index in [0.717, 1.165) is 32.7 Å². The number of halogens is 1. The molecule has 0 spiro atoms. The monoisotopic (exact) mass is 448 g/mol. The summed E-state index contributed by atoms with van der Waals surface area (Å²) in [5, 5.41) is 4.04. The number of hydrogen-bond acceptors (Lipinski definition) is 4. The SMILES string of the molecule is COc1ccc(-c2cn3cc(C(=O)N/N=C\c4ccccc4Br)ccc3n2)cc1. The summed E-state index contributed by atoms with van der Waals surface area (Å²) < 4.78 is 7.92. The first-order chi connectivity index (χ1) is 14.1. The predicted molar refractivity (Wildman–Crippen MR) is 116 cm³/mol. The molecule has 0 aliphatic rings. The molecule has 0 unspecified atom stereocenters. The van der Waals surface area contributed by atoms with Crippen molar-refractivity contribution in [3.8, 4) is 17.0 Å². The van der Waals surface area contributed by atoms with E-state index in [2.05, 4.69) is 31.4 Å². The number of rotatable bonds is 5. The number of pyridine rings is 1. The van der Waals surface area contributed by atoms with Crippen LogP contribution in [-0.2, 0) is 0 Å². The molecule has 6 nitrogen and oxygen atoms in total. The Kier molecular flexibility index (Phi) is 5.39. The van der Waals surface area contributed by atoms with Crippen LogP contribution in [0.15, 0.2) is 82.6 Å². The molecule has 1 amide bonds. The van der Waals surface area contributed by atoms with Crippen molar-refractivity contribution >= 4 is 33.7 Å². The lowest BCUT2D eigenvalue weighted by Crippen LogP contribution is -2.18. The zero-order valence-electron chi connectivity index (χ0n) is 15.5. The zero-order chi connectivity index (χ0) is 20.2. The van der Waals surface area contributed by atoms with Gasteiger partial charge in [-0.05, 0) is 42.5 Å². The molecule has 2 heterocycles. The number of fused-ring (bicyclic) bond motifs is 1. The zero-order valence-corrected chi connectivity index (χ0v) is 17.1. The summed E-state index contributed by atoms with van der Waals surface area (Å²) >= 11 is 3.44. The van der Waals surface area contributed by atoms with E-state index in [1.807, 2.05) is 59.1 Å². The third kappa shape index (κ3) is 4.20. The molecule has 2 aromatic heterocycles. The first-order valence-electron chi connectivity index (χ1n) is 8.85. The number of benzene rings is 2. The minimum Gasteiger partial charge on any atom is -0.497 e. The molecular weight excluding hydrogens is 432 g/mol. The number of methoxy groups -OCH3 is 1. The molecule has 0 aliphatic heterocycles. The van der Waals surface area contributed by atoms with Crippen LogP contribution in [0.2, 0.25) is 0 Å². The maximum atomic E-state index is 12.4. The van der Waals surface area contributed by atoms with Crippen LogP contribution in [0, 0.1) is 0 Å². The molecule has 0 saturated carbocycles. The van der Waals surface area contributed by atoms with Gasteiger partial charge in [-0.1, -0.05) is 34.1 Å². The Balaban J connectivity index is 1.52. The lowest BCUT2D eigenvalue weighted by molar-refractivity contribution is 0.0954. The minimum atomic E-state index is -0.296. The largest absolute Gasteiger partial charge is 0.497 e. The first kappa shape index (κ1) is 18.9. The van der Waals surface area contributed by atoms with Crippen LogP contribution >= 0.6 is 15.9 Å². The minimum absolute atomic E-state index is 0.296. The highest BCUT2D eigenvalue weighted by Crippen LogP contribution is 2.22. The van der Waals surface area contributed by atoms with Gasteiger partial charge in [0.15, 0.2) is 0 Å². The van der Waals surface area contributed by atoms with Crippen LogP contribution in [0.5, 0.6) is 5.75 Å². The maximum Gasteiger partial charge on any atom is 0.272 e. The summed E-state index contributed by atoms with van der Waals surface area (Å²) in [5.74, 6) is 0.495. The molecule has 4 aromatic rings. The number of nitrogens with one attached hydrogen (secondary N) is 1. The van der Waals surface area contributed by atoms with E-state index in [1.54, 1.807) is 31.7 Å². The lowest BCUT2D eigenvalue weighted by Gasteiger charge is -2.01. The summed E-state index contributed by atoms with van der Waals surface area (Å²) in [5.41, 5.74) is 6.46. The van der Waals surface area contributed by atoms with Gasteiger partial charge < -0.3 is 9.14 Å². The molecule has 0 fully saturated rings. The van der Waals surface area contributed by atoms with E-state index in [0.29, 0.717) is 5.56 Å². The van der Waals surface area contributed by atoms with Crippen molar-refractivity contribution in [3.05, 3.63) is 88.7 Å². The molecule has 29 heavy (non-hydrogen) atoms. The van der Waals surface area contributed by atoms with Crippen molar-refractivity contribution in [2.75, 3.05) is 7.11 Å². The fourth-order valence-electron chi connectivity index (χ4n) is 2.83. The number of nitrogens with zero attached hydrogens (tertiary/aromatic N) is 3. The van der Waals surface area contributed by atoms with E-state index in [9.17, 15) is 4.79 Å². The second-order valence-corrected chi connectivity index (χ2v) is 7.11. The molecule has 2 aromatic carbocycles. The normalized spacial score (nSPS) is 11.1. The number of hydrazone groups is 1. The van der Waals surface area contributed by atoms with Gasteiger partial charge in [0.05, 0.1) is 24.6 Å². The van der Waals surface area contributed by atoms with Gasteiger partial charge in [-0.2, -0.15) is 5.10 Å². The molecule has 144 valence electrons. The standard InChI is InChI=1S/C22H17BrN4O2/c1-29-18-9-6-15(7-10-18)20-14-27-13-17(8-11-21(27)25-20)22(28)26-24-12-16-4-2-3-5-19(16)23/h2-14H,1H3,(H,26,28)/b24-12-. The Hall–Kier alpha value is -3.45. The molecule has 0 atom stereocenters. The van der Waals surface area contributed by atoms with Gasteiger partial charge in [0, 0.05) is 28.0 Å². The van der Waals surface area contributed by atoms with Gasteiger partial charge >= 0.3 is 0 Å². The molecule has 4 rings (SSSR count). The molecule has 0 aliphatic carbocycles. The van der Waals surface area contributed by atoms with E-state index in [4.69, 9.17) is 4.74 Å². The van der Waals surface area contributed by atoms with Crippen LogP contribution < -0.4 is 10.2 Å². The fraction of sp³-hybridized carbons (Fsp3) is 0.0455. The summed E-state index contributed by atoms with van der Waals surface area (Å²) in [6.07, 6.45) is 5.22. The van der Waals surface area contributed by atoms with Crippen LogP contribution in [0.25, 0.3) is 16.9 Å². The second-order valence-electron chi connectivity index (χ2n) is 6.26. The quantitative estimate of drug-likeness (QED) is 0.360. The number of aromatic nitrogens is 2. The third-order valence-corrected chi connectivity index (χ3v) is 5.10. The Bertz CT molecular complexity index is 1200. The average molecular weight is 449 g/mol. The van der Waals surface area contributed by atoms with Crippen LogP contribution in [0.3, 0.4) is 0 Å². The van der Waals surface area contributed by atoms with Crippen molar-refractivity contribution in [2.24, 2.45) is 5.10 Å². The van der Waals surface area contributed by atoms with Gasteiger partial charge in [-0.3, -0.25) is 4.79 Å². The molecule has 7 heteroatoms. The van der Waals surface area contributed by atoms with Gasteiger partial charge in [0.1, 0.15) is 11.4 Å². The van der Waals surface area contributed by atoms with Crippen molar-refractivity contribution in [2.45, 2.75) is 0 Å². The highest BCUT2D eigenvalue weighted by atomic mass is 79.9. The molecule has 1 N–H and O–H groups in total. The molecule has 0 radical (unpaired) electrons. The van der Waals surface area contributed by atoms with Gasteiger partial charge in [-0.25, -0.2) is 10.4 Å². The number of carbonyl (C=O) groups excluding carboxylic acids is 1. The average Bonchev–Trinajstić information content (AvgIpc) is 3.18. The van der Waals surface area contributed by atoms with Crippen molar-refractivity contribution in [1.82, 2.24) is 14.8 Å². The topological polar surface area (TPSA) is 68.0 Å². The Morgan fingerprint density at radius 1 is 1.10 bits per heavy atom. The number of hydrogen-bond donors (Lipinski definition) is 1. The highest BCUT2D eigenvalue weighted by Gasteiger charge is 2.09. The molecule has 0 bridgehead atoms. The lowest BCUT2D eigenvalue weighted by atomic mass is 10.2. The molecule has 0 saturated heterocycles. The number of amides is 1. The summed E-state index contributed by atoms with van der Waals surface area (Å²) in [4.78, 5) is 17.0. The summed E-state index contributed by atoms with van der Waals surface area (Å²) in [7, 11) is 1.63. The fourth-order valence-corrected chi connectivity index (χ4v) is 3.22. The predicted octanol–water partition coefficient (Wildman–Crippen LogP) is 4.54. The van der Waals surface area contributed by atoms with E-state index >= 15 is 0 Å². The van der Waals surface area contributed by atoms with Crippen LogP contribution in [0.1, 0.15) is 15.9 Å². The van der Waals surface area contributed by atoms with E-state index in [1.165, 1.54) is 0 Å². The van der Waals surface area contributed by atoms with Crippen LogP contribution in [0.4, 0.5) is 0 Å². The maximum absolute atomic E-state index is 12.4. The van der Waals surface area contributed by atoms with Crippen molar-refractivity contribution < 1.29 is 9.53 Å². The smallest absolute Gasteiger partial charge is 0.272 e. The Morgan fingerprint density at radius 3 is 2.66 bits per heavy atom. The Morgan fingerprint density at radius 2 is 1.90 bits per heavy atom. The van der Waals surface area contributed by atoms with Crippen molar-refractivity contribution in [3.63, 3.8) is 0 Å². The first-order valence-corrected chi connectivity index (χ1v) is 9.64. The van der Waals surface area contributed by atoms with Crippen molar-refractivity contribution in [1.29, 1.82) is 0 Å². The van der Waals surface area contributed by atoms with Gasteiger partial charge in [0.2, 0.25) is 0 Å². The van der Waals surface area contributed by atoms with E-state index < -0.39 is 0 Å². The summed E-state index contributed by atoms with van der Waals surface area (Å²) in [6.45, 7) is 0. The summed E-state index contributed by atoms with van der Waals surface area (Å²) in [6, 6.07) is 18.8.